The molecule has 1 aromatic heterocycles. The Morgan fingerprint density at radius 1 is 1.58 bits per heavy atom. The number of carbonyl (C=O) groups is 2. The van der Waals surface area contributed by atoms with Gasteiger partial charge in [-0.2, -0.15) is 0 Å². The molecule has 0 spiro atoms. The number of nitrogens with one attached hydrogen (secondary N) is 1. The molecule has 2 heterocycles. The smallest absolute Gasteiger partial charge is 0.268 e. The number of hydrogen-bond acceptors (Lipinski definition) is 5. The van der Waals surface area contributed by atoms with Crippen molar-refractivity contribution in [2.24, 2.45) is 5.73 Å². The van der Waals surface area contributed by atoms with Gasteiger partial charge in [-0.05, 0) is 26.2 Å². The zero-order valence-corrected chi connectivity index (χ0v) is 11.5. The van der Waals surface area contributed by atoms with E-state index in [9.17, 15) is 9.59 Å². The highest BCUT2D eigenvalue weighted by Crippen LogP contribution is 2.23. The highest BCUT2D eigenvalue weighted by Gasteiger charge is 2.22. The minimum absolute atomic E-state index is 0.117. The van der Waals surface area contributed by atoms with E-state index in [0.29, 0.717) is 24.1 Å². The summed E-state index contributed by atoms with van der Waals surface area (Å²) < 4.78 is 5.64. The number of primary amides is 1. The normalized spacial score (nSPS) is 22.4. The molecule has 0 aliphatic carbocycles. The van der Waals surface area contributed by atoms with Crippen molar-refractivity contribution >= 4 is 28.3 Å². The Labute approximate surface area is 115 Å². The summed E-state index contributed by atoms with van der Waals surface area (Å²) in [6, 6.07) is 0. The summed E-state index contributed by atoms with van der Waals surface area (Å²) >= 11 is 1.19. The lowest BCUT2D eigenvalue weighted by molar-refractivity contribution is -0.116. The molecule has 1 aliphatic heterocycles. The summed E-state index contributed by atoms with van der Waals surface area (Å²) in [5.74, 6) is -0.710. The number of nitrogens with zero attached hydrogens (tertiary/aromatic N) is 1. The van der Waals surface area contributed by atoms with E-state index in [1.54, 1.807) is 0 Å². The number of nitrogens with two attached hydrogens (primary N) is 1. The van der Waals surface area contributed by atoms with E-state index in [4.69, 9.17) is 10.5 Å². The van der Waals surface area contributed by atoms with Gasteiger partial charge < -0.3 is 15.8 Å². The maximum Gasteiger partial charge on any atom is 0.268 e. The Morgan fingerprint density at radius 2 is 2.37 bits per heavy atom. The first-order valence-electron chi connectivity index (χ1n) is 6.25. The second-order valence-electron chi connectivity index (χ2n) is 4.64. The van der Waals surface area contributed by atoms with Gasteiger partial charge in [0, 0.05) is 11.8 Å². The van der Waals surface area contributed by atoms with Crippen LogP contribution in [0.4, 0.5) is 5.13 Å². The van der Waals surface area contributed by atoms with E-state index in [1.165, 1.54) is 16.7 Å². The van der Waals surface area contributed by atoms with Crippen molar-refractivity contribution in [3.8, 4) is 0 Å². The number of thiazole rings is 1. The molecule has 6 nitrogen and oxygen atoms in total. The van der Waals surface area contributed by atoms with Crippen molar-refractivity contribution in [1.29, 1.82) is 0 Å². The summed E-state index contributed by atoms with van der Waals surface area (Å²) in [4.78, 5) is 26.5. The van der Waals surface area contributed by atoms with Gasteiger partial charge in [0.05, 0.1) is 12.2 Å². The van der Waals surface area contributed by atoms with Crippen LogP contribution in [0.25, 0.3) is 0 Å². The van der Waals surface area contributed by atoms with Gasteiger partial charge in [-0.25, -0.2) is 4.98 Å². The fourth-order valence-electron chi connectivity index (χ4n) is 2.02. The molecule has 1 fully saturated rings. The lowest BCUT2D eigenvalue weighted by Crippen LogP contribution is -2.16. The first-order valence-corrected chi connectivity index (χ1v) is 7.13. The van der Waals surface area contributed by atoms with Crippen molar-refractivity contribution in [3.05, 3.63) is 11.1 Å². The molecule has 2 atom stereocenters. The van der Waals surface area contributed by atoms with Crippen LogP contribution in [0.15, 0.2) is 5.38 Å². The lowest BCUT2D eigenvalue weighted by Gasteiger charge is -2.10. The van der Waals surface area contributed by atoms with Crippen molar-refractivity contribution < 1.29 is 14.3 Å². The van der Waals surface area contributed by atoms with Crippen LogP contribution in [0, 0.1) is 0 Å². The molecule has 2 rings (SSSR count). The molecule has 1 aromatic rings. The Bertz CT molecular complexity index is 475. The molecule has 1 aliphatic rings. The molecule has 1 saturated heterocycles. The van der Waals surface area contributed by atoms with Gasteiger partial charge in [0.1, 0.15) is 5.69 Å². The van der Waals surface area contributed by atoms with Crippen molar-refractivity contribution in [2.45, 2.75) is 44.8 Å². The van der Waals surface area contributed by atoms with E-state index in [-0.39, 0.29) is 17.7 Å². The Hall–Kier alpha value is -1.47. The van der Waals surface area contributed by atoms with E-state index < -0.39 is 5.91 Å². The maximum atomic E-state index is 11.7. The van der Waals surface area contributed by atoms with Crippen LogP contribution in [0.2, 0.25) is 0 Å². The monoisotopic (exact) mass is 283 g/mol. The molecule has 19 heavy (non-hydrogen) atoms. The number of rotatable bonds is 5. The fraction of sp³-hybridized carbons (Fsp3) is 0.583. The van der Waals surface area contributed by atoms with Crippen molar-refractivity contribution in [3.63, 3.8) is 0 Å². The summed E-state index contributed by atoms with van der Waals surface area (Å²) in [6.07, 6.45) is 3.65. The molecule has 0 saturated carbocycles. The van der Waals surface area contributed by atoms with Crippen LogP contribution in [-0.2, 0) is 9.53 Å². The van der Waals surface area contributed by atoms with Gasteiger partial charge >= 0.3 is 0 Å². The van der Waals surface area contributed by atoms with Crippen LogP contribution in [0.3, 0.4) is 0 Å². The molecule has 7 heteroatoms. The molecule has 0 aromatic carbocycles. The molecule has 2 amide bonds. The summed E-state index contributed by atoms with van der Waals surface area (Å²) in [5, 5.41) is 4.59. The molecule has 104 valence electrons. The third-order valence-electron chi connectivity index (χ3n) is 3.02. The number of carbonyl (C=O) groups excluding carboxylic acids is 2. The number of hydrogen-bond donors (Lipinski definition) is 2. The highest BCUT2D eigenvalue weighted by atomic mass is 32.1. The van der Waals surface area contributed by atoms with Crippen LogP contribution < -0.4 is 11.1 Å². The summed E-state index contributed by atoms with van der Waals surface area (Å²) in [7, 11) is 0. The number of ether oxygens (including phenoxy) is 1. The van der Waals surface area contributed by atoms with Crippen LogP contribution >= 0.6 is 11.3 Å². The minimum Gasteiger partial charge on any atom is -0.375 e. The first kappa shape index (κ1) is 14.0. The minimum atomic E-state index is -0.593. The van der Waals surface area contributed by atoms with Gasteiger partial charge in [-0.3, -0.25) is 9.59 Å². The third-order valence-corrected chi connectivity index (χ3v) is 3.77. The Morgan fingerprint density at radius 3 is 2.95 bits per heavy atom. The van der Waals surface area contributed by atoms with Crippen LogP contribution in [-0.4, -0.2) is 29.0 Å². The van der Waals surface area contributed by atoms with Crippen molar-refractivity contribution in [2.75, 3.05) is 5.32 Å². The molecule has 3 N–H and O–H groups in total. The molecular formula is C12H17N3O3S. The van der Waals surface area contributed by atoms with E-state index in [1.807, 2.05) is 6.92 Å². The second kappa shape index (κ2) is 6.12. The highest BCUT2D eigenvalue weighted by molar-refractivity contribution is 7.14. The maximum absolute atomic E-state index is 11.7. The van der Waals surface area contributed by atoms with Gasteiger partial charge in [0.2, 0.25) is 5.91 Å². The SMILES string of the molecule is CC1CCC(CCC(=O)Nc2nc(C(N)=O)cs2)O1. The number of anilines is 1. The van der Waals surface area contributed by atoms with Crippen LogP contribution in [0.5, 0.6) is 0 Å². The van der Waals surface area contributed by atoms with Gasteiger partial charge in [0.15, 0.2) is 5.13 Å². The van der Waals surface area contributed by atoms with Gasteiger partial charge in [-0.15, -0.1) is 11.3 Å². The van der Waals surface area contributed by atoms with E-state index >= 15 is 0 Å². The quantitative estimate of drug-likeness (QED) is 0.856. The standard InChI is InChI=1S/C12H17N3O3S/c1-7-2-3-8(18-7)4-5-10(16)15-12-14-9(6-19-12)11(13)17/h6-8H,2-5H2,1H3,(H2,13,17)(H,14,15,16). The van der Waals surface area contributed by atoms with E-state index in [2.05, 4.69) is 10.3 Å². The zero-order chi connectivity index (χ0) is 13.8. The Balaban J connectivity index is 1.76. The number of aromatic nitrogens is 1. The average molecular weight is 283 g/mol. The topological polar surface area (TPSA) is 94.3 Å². The predicted octanol–water partition coefficient (Wildman–Crippen LogP) is 1.53. The molecular weight excluding hydrogens is 266 g/mol. The van der Waals surface area contributed by atoms with Gasteiger partial charge in [0.25, 0.3) is 5.91 Å². The molecule has 2 unspecified atom stereocenters. The summed E-state index contributed by atoms with van der Waals surface area (Å²) in [5.41, 5.74) is 5.26. The average Bonchev–Trinajstić information content (AvgIpc) is 2.96. The van der Waals surface area contributed by atoms with E-state index in [0.717, 1.165) is 12.8 Å². The fourth-order valence-corrected chi connectivity index (χ4v) is 2.73. The van der Waals surface area contributed by atoms with Crippen LogP contribution in [0.1, 0.15) is 43.1 Å². The molecule has 0 radical (unpaired) electrons. The largest absolute Gasteiger partial charge is 0.375 e. The predicted molar refractivity (Wildman–Crippen MR) is 72.1 cm³/mol. The lowest BCUT2D eigenvalue weighted by atomic mass is 10.1. The molecule has 0 bridgehead atoms. The summed E-state index contributed by atoms with van der Waals surface area (Å²) in [6.45, 7) is 2.04. The first-order chi connectivity index (χ1) is 9.04. The third kappa shape index (κ3) is 4.00. The second-order valence-corrected chi connectivity index (χ2v) is 5.49. The van der Waals surface area contributed by atoms with Gasteiger partial charge in [-0.1, -0.05) is 0 Å². The zero-order valence-electron chi connectivity index (χ0n) is 10.7. The Kier molecular flexibility index (Phi) is 4.49. The van der Waals surface area contributed by atoms with Crippen molar-refractivity contribution in [1.82, 2.24) is 4.98 Å². The number of amides is 2.